The van der Waals surface area contributed by atoms with Gasteiger partial charge in [-0.1, -0.05) is 61.9 Å². The molecule has 1 saturated carbocycles. The van der Waals surface area contributed by atoms with Gasteiger partial charge < -0.3 is 10.2 Å². The summed E-state index contributed by atoms with van der Waals surface area (Å²) in [7, 11) is 0. The van der Waals surface area contributed by atoms with Crippen LogP contribution in [0.25, 0.3) is 0 Å². The highest BCUT2D eigenvalue weighted by molar-refractivity contribution is 6.30. The molecule has 2 aromatic rings. The molecule has 4 rings (SSSR count). The van der Waals surface area contributed by atoms with Crippen molar-refractivity contribution < 1.29 is 9.59 Å². The van der Waals surface area contributed by atoms with Gasteiger partial charge in [0.2, 0.25) is 5.91 Å². The molecule has 2 amide bonds. The molecule has 1 aromatic carbocycles. The lowest BCUT2D eigenvalue weighted by molar-refractivity contribution is -0.121. The molecule has 146 valence electrons. The Bertz CT molecular complexity index is 862. The van der Waals surface area contributed by atoms with Crippen LogP contribution in [0.1, 0.15) is 54.4 Å². The molecule has 28 heavy (non-hydrogen) atoms. The van der Waals surface area contributed by atoms with E-state index in [1.165, 1.54) is 25.5 Å². The Kier molecular flexibility index (Phi) is 5.62. The molecule has 1 aliphatic carbocycles. The maximum Gasteiger partial charge on any atom is 0.255 e. The molecule has 0 spiro atoms. The van der Waals surface area contributed by atoms with Crippen LogP contribution in [0.3, 0.4) is 0 Å². The van der Waals surface area contributed by atoms with Crippen LogP contribution in [-0.4, -0.2) is 27.7 Å². The fourth-order valence-corrected chi connectivity index (χ4v) is 4.41. The van der Waals surface area contributed by atoms with Gasteiger partial charge in [-0.2, -0.15) is 0 Å². The van der Waals surface area contributed by atoms with E-state index in [2.05, 4.69) is 10.3 Å². The lowest BCUT2D eigenvalue weighted by atomic mass is 9.84. The zero-order chi connectivity index (χ0) is 19.5. The Morgan fingerprint density at radius 3 is 2.68 bits per heavy atom. The molecule has 0 radical (unpaired) electrons. The minimum Gasteiger partial charge on any atom is -0.322 e. The molecule has 0 saturated heterocycles. The highest BCUT2D eigenvalue weighted by Crippen LogP contribution is 2.32. The first-order valence-electron chi connectivity index (χ1n) is 9.93. The summed E-state index contributed by atoms with van der Waals surface area (Å²) >= 11 is 5.89. The lowest BCUT2D eigenvalue weighted by Crippen LogP contribution is -2.45. The number of nitrogens with one attached hydrogen (secondary N) is 1. The number of hydrogen-bond donors (Lipinski definition) is 1. The van der Waals surface area contributed by atoms with Gasteiger partial charge >= 0.3 is 0 Å². The number of nitrogens with zero attached hydrogens (tertiary/aromatic N) is 2. The van der Waals surface area contributed by atoms with Crippen molar-refractivity contribution >= 4 is 29.2 Å². The standard InChI is InChI=1S/C22H24ClN3O2/c23-17-10-11-20(24-13-17)25-21(27)19(12-15-6-2-1-3-7-15)26-14-16-8-4-5-9-18(16)22(26)28/h4-5,8-11,13,15,19H,1-3,6-7,12,14H2,(H,24,25,27)/t19-/m0/s1. The molecule has 0 unspecified atom stereocenters. The number of pyridine rings is 1. The van der Waals surface area contributed by atoms with E-state index in [1.54, 1.807) is 17.0 Å². The van der Waals surface area contributed by atoms with Crippen molar-refractivity contribution in [1.29, 1.82) is 0 Å². The number of rotatable bonds is 5. The first kappa shape index (κ1) is 18.9. The highest BCUT2D eigenvalue weighted by Gasteiger charge is 2.37. The van der Waals surface area contributed by atoms with Crippen molar-refractivity contribution in [3.8, 4) is 0 Å². The van der Waals surface area contributed by atoms with E-state index < -0.39 is 6.04 Å². The Hall–Kier alpha value is -2.40. The van der Waals surface area contributed by atoms with Crippen molar-refractivity contribution in [2.45, 2.75) is 51.1 Å². The number of anilines is 1. The number of amides is 2. The second-order valence-electron chi connectivity index (χ2n) is 7.70. The number of carbonyl (C=O) groups excluding carboxylic acids is 2. The highest BCUT2D eigenvalue weighted by atomic mass is 35.5. The summed E-state index contributed by atoms with van der Waals surface area (Å²) < 4.78 is 0. The van der Waals surface area contributed by atoms with E-state index in [4.69, 9.17) is 11.6 Å². The van der Waals surface area contributed by atoms with Crippen LogP contribution >= 0.6 is 11.6 Å². The number of aromatic nitrogens is 1. The minimum absolute atomic E-state index is 0.0596. The van der Waals surface area contributed by atoms with Crippen molar-refractivity contribution in [1.82, 2.24) is 9.88 Å². The maximum atomic E-state index is 13.2. The van der Waals surface area contributed by atoms with Crippen LogP contribution in [0.15, 0.2) is 42.6 Å². The first-order chi connectivity index (χ1) is 13.6. The number of fused-ring (bicyclic) bond motifs is 1. The van der Waals surface area contributed by atoms with E-state index in [9.17, 15) is 9.59 Å². The summed E-state index contributed by atoms with van der Waals surface area (Å²) in [5.74, 6) is 0.684. The van der Waals surface area contributed by atoms with Gasteiger partial charge in [0.15, 0.2) is 0 Å². The van der Waals surface area contributed by atoms with Gasteiger partial charge in [0.05, 0.1) is 5.02 Å². The Labute approximate surface area is 170 Å². The van der Waals surface area contributed by atoms with Crippen molar-refractivity contribution in [3.05, 3.63) is 58.7 Å². The van der Waals surface area contributed by atoms with Crippen LogP contribution in [-0.2, 0) is 11.3 Å². The average Bonchev–Trinajstić information content (AvgIpc) is 3.05. The first-order valence-corrected chi connectivity index (χ1v) is 10.3. The number of carbonyl (C=O) groups is 2. The third kappa shape index (κ3) is 4.04. The fraction of sp³-hybridized carbons (Fsp3) is 0.409. The molecule has 1 aliphatic heterocycles. The molecule has 2 aliphatic rings. The third-order valence-corrected chi connectivity index (χ3v) is 6.01. The van der Waals surface area contributed by atoms with E-state index >= 15 is 0 Å². The smallest absolute Gasteiger partial charge is 0.255 e. The lowest BCUT2D eigenvalue weighted by Gasteiger charge is -2.31. The molecule has 0 bridgehead atoms. The third-order valence-electron chi connectivity index (χ3n) is 5.79. The normalized spacial score (nSPS) is 18.0. The van der Waals surface area contributed by atoms with Gasteiger partial charge in [0, 0.05) is 18.3 Å². The second-order valence-corrected chi connectivity index (χ2v) is 8.13. The van der Waals surface area contributed by atoms with Gasteiger partial charge in [0.1, 0.15) is 11.9 Å². The van der Waals surface area contributed by atoms with E-state index in [-0.39, 0.29) is 11.8 Å². The van der Waals surface area contributed by atoms with E-state index in [0.717, 1.165) is 18.4 Å². The summed E-state index contributed by atoms with van der Waals surface area (Å²) in [6.45, 7) is 0.480. The fourth-order valence-electron chi connectivity index (χ4n) is 4.30. The predicted octanol–water partition coefficient (Wildman–Crippen LogP) is 4.67. The van der Waals surface area contributed by atoms with Crippen LogP contribution in [0.4, 0.5) is 5.82 Å². The van der Waals surface area contributed by atoms with Gasteiger partial charge in [0.25, 0.3) is 5.91 Å². The summed E-state index contributed by atoms with van der Waals surface area (Å²) in [5, 5.41) is 3.40. The van der Waals surface area contributed by atoms with Crippen molar-refractivity contribution in [2.24, 2.45) is 5.92 Å². The summed E-state index contributed by atoms with van der Waals surface area (Å²) in [5.41, 5.74) is 1.69. The number of benzene rings is 1. The summed E-state index contributed by atoms with van der Waals surface area (Å²) in [4.78, 5) is 32.1. The van der Waals surface area contributed by atoms with Crippen LogP contribution < -0.4 is 5.32 Å². The van der Waals surface area contributed by atoms with E-state index in [0.29, 0.717) is 35.3 Å². The molecule has 2 heterocycles. The van der Waals surface area contributed by atoms with Gasteiger partial charge in [-0.15, -0.1) is 0 Å². The Morgan fingerprint density at radius 2 is 1.96 bits per heavy atom. The van der Waals surface area contributed by atoms with Crippen LogP contribution in [0.2, 0.25) is 5.02 Å². The zero-order valence-electron chi connectivity index (χ0n) is 15.7. The molecule has 6 heteroatoms. The molecule has 1 N–H and O–H groups in total. The van der Waals surface area contributed by atoms with Gasteiger partial charge in [-0.3, -0.25) is 9.59 Å². The monoisotopic (exact) mass is 397 g/mol. The summed E-state index contributed by atoms with van der Waals surface area (Å²) in [6, 6.07) is 10.5. The molecular formula is C22H24ClN3O2. The SMILES string of the molecule is O=C(Nc1ccc(Cl)cn1)[C@H](CC1CCCCC1)N1Cc2ccccc2C1=O. The largest absolute Gasteiger partial charge is 0.322 e. The molecular weight excluding hydrogens is 374 g/mol. The maximum absolute atomic E-state index is 13.2. The average molecular weight is 398 g/mol. The topological polar surface area (TPSA) is 62.3 Å². The Morgan fingerprint density at radius 1 is 1.18 bits per heavy atom. The van der Waals surface area contributed by atoms with Crippen molar-refractivity contribution in [3.63, 3.8) is 0 Å². The predicted molar refractivity (Wildman–Crippen MR) is 109 cm³/mol. The number of halogens is 1. The minimum atomic E-state index is -0.500. The molecule has 1 fully saturated rings. The zero-order valence-corrected chi connectivity index (χ0v) is 16.5. The van der Waals surface area contributed by atoms with E-state index in [1.807, 2.05) is 24.3 Å². The summed E-state index contributed by atoms with van der Waals surface area (Å²) in [6.07, 6.45) is 8.10. The Balaban J connectivity index is 1.55. The van der Waals surface area contributed by atoms with Crippen molar-refractivity contribution in [2.75, 3.05) is 5.32 Å². The second kappa shape index (κ2) is 8.31. The quantitative estimate of drug-likeness (QED) is 0.797. The van der Waals surface area contributed by atoms with Crippen LogP contribution in [0.5, 0.6) is 0 Å². The molecule has 1 atom stereocenters. The molecule has 1 aromatic heterocycles. The van der Waals surface area contributed by atoms with Gasteiger partial charge in [-0.05, 0) is 36.1 Å². The number of hydrogen-bond acceptors (Lipinski definition) is 3. The van der Waals surface area contributed by atoms with Gasteiger partial charge in [-0.25, -0.2) is 4.98 Å². The van der Waals surface area contributed by atoms with Crippen LogP contribution in [0, 0.1) is 5.92 Å². The molecule has 5 nitrogen and oxygen atoms in total.